The summed E-state index contributed by atoms with van der Waals surface area (Å²) in [7, 11) is 0. The minimum absolute atomic E-state index is 0.594. The van der Waals surface area contributed by atoms with Crippen LogP contribution in [0, 0.1) is 0 Å². The largest absolute Gasteiger partial charge is 0.456 e. The molecule has 0 spiro atoms. The number of fused-ring (bicyclic) bond motifs is 4. The Morgan fingerprint density at radius 1 is 0.298 bits per heavy atom. The van der Waals surface area contributed by atoms with Crippen molar-refractivity contribution in [3.05, 3.63) is 164 Å². The number of hydrogen-bond donors (Lipinski definition) is 0. The zero-order chi connectivity index (χ0) is 31.2. The van der Waals surface area contributed by atoms with Gasteiger partial charge in [0.1, 0.15) is 11.2 Å². The highest BCUT2D eigenvalue weighted by Crippen LogP contribution is 2.34. The first-order valence-electron chi connectivity index (χ1n) is 15.7. The first kappa shape index (κ1) is 27.0. The average molecular weight is 602 g/mol. The minimum Gasteiger partial charge on any atom is -0.456 e. The molecule has 9 rings (SSSR count). The van der Waals surface area contributed by atoms with Gasteiger partial charge in [0.05, 0.1) is 0 Å². The summed E-state index contributed by atoms with van der Waals surface area (Å²) in [5.41, 5.74) is 8.94. The third-order valence-corrected chi connectivity index (χ3v) is 8.73. The SMILES string of the molecule is c1ccc(-c2cccc(-c3nc(-c4ccc(-c5ccc6ccccc6c5)cc4)nc(-c4ccc5c(c4)oc4ccccc45)n3)c2)cc1. The predicted octanol–water partition coefficient (Wildman–Crippen LogP) is 11.3. The fraction of sp³-hybridized carbons (Fsp3) is 0. The average Bonchev–Trinajstić information content (AvgIpc) is 3.53. The Hall–Kier alpha value is -6.39. The van der Waals surface area contributed by atoms with E-state index in [1.807, 2.05) is 30.3 Å². The molecule has 4 nitrogen and oxygen atoms in total. The van der Waals surface area contributed by atoms with Crippen molar-refractivity contribution in [2.75, 3.05) is 0 Å². The Bertz CT molecular complexity index is 2570. The molecule has 2 aromatic heterocycles. The van der Waals surface area contributed by atoms with Gasteiger partial charge >= 0.3 is 0 Å². The Labute approximate surface area is 271 Å². The molecule has 47 heavy (non-hydrogen) atoms. The highest BCUT2D eigenvalue weighted by atomic mass is 16.3. The minimum atomic E-state index is 0.594. The summed E-state index contributed by atoms with van der Waals surface area (Å²) in [5, 5.41) is 4.62. The van der Waals surface area contributed by atoms with Crippen LogP contribution < -0.4 is 0 Å². The van der Waals surface area contributed by atoms with E-state index in [4.69, 9.17) is 19.4 Å². The summed E-state index contributed by atoms with van der Waals surface area (Å²) < 4.78 is 6.22. The van der Waals surface area contributed by atoms with E-state index in [0.29, 0.717) is 17.5 Å². The molecule has 0 unspecified atom stereocenters. The van der Waals surface area contributed by atoms with Crippen molar-refractivity contribution in [1.29, 1.82) is 0 Å². The van der Waals surface area contributed by atoms with Gasteiger partial charge in [-0.05, 0) is 63.4 Å². The van der Waals surface area contributed by atoms with Crippen molar-refractivity contribution in [3.63, 3.8) is 0 Å². The van der Waals surface area contributed by atoms with Gasteiger partial charge in [0, 0.05) is 27.5 Å². The maximum atomic E-state index is 6.22. The quantitative estimate of drug-likeness (QED) is 0.197. The predicted molar refractivity (Wildman–Crippen MR) is 192 cm³/mol. The molecule has 0 aliphatic heterocycles. The monoisotopic (exact) mass is 601 g/mol. The highest BCUT2D eigenvalue weighted by molar-refractivity contribution is 6.05. The number of nitrogens with zero attached hydrogens (tertiary/aromatic N) is 3. The Balaban J connectivity index is 1.16. The lowest BCUT2D eigenvalue weighted by Crippen LogP contribution is -2.00. The van der Waals surface area contributed by atoms with Gasteiger partial charge in [0.25, 0.3) is 0 Å². The number of para-hydroxylation sites is 1. The van der Waals surface area contributed by atoms with E-state index in [1.54, 1.807) is 0 Å². The lowest BCUT2D eigenvalue weighted by molar-refractivity contribution is 0.669. The number of aromatic nitrogens is 3. The van der Waals surface area contributed by atoms with Gasteiger partial charge in [0.15, 0.2) is 17.5 Å². The molecule has 9 aromatic rings. The molecule has 220 valence electrons. The lowest BCUT2D eigenvalue weighted by atomic mass is 10.00. The van der Waals surface area contributed by atoms with Crippen LogP contribution in [0.1, 0.15) is 0 Å². The van der Waals surface area contributed by atoms with Crippen LogP contribution in [0.5, 0.6) is 0 Å². The van der Waals surface area contributed by atoms with Crippen molar-refractivity contribution in [1.82, 2.24) is 15.0 Å². The number of hydrogen-bond acceptors (Lipinski definition) is 4. The van der Waals surface area contributed by atoms with Crippen molar-refractivity contribution >= 4 is 32.7 Å². The summed E-state index contributed by atoms with van der Waals surface area (Å²) in [6.07, 6.45) is 0. The van der Waals surface area contributed by atoms with Crippen LogP contribution in [0.2, 0.25) is 0 Å². The molecular weight excluding hydrogens is 574 g/mol. The molecule has 0 fully saturated rings. The van der Waals surface area contributed by atoms with E-state index < -0.39 is 0 Å². The van der Waals surface area contributed by atoms with Crippen molar-refractivity contribution in [2.45, 2.75) is 0 Å². The molecule has 2 heterocycles. The van der Waals surface area contributed by atoms with E-state index in [1.165, 1.54) is 16.3 Å². The molecule has 0 amide bonds. The molecule has 0 saturated carbocycles. The molecule has 0 bridgehead atoms. The van der Waals surface area contributed by atoms with Crippen LogP contribution in [0.3, 0.4) is 0 Å². The molecule has 0 saturated heterocycles. The third-order valence-electron chi connectivity index (χ3n) is 8.73. The van der Waals surface area contributed by atoms with Gasteiger partial charge in [-0.25, -0.2) is 15.0 Å². The molecule has 0 N–H and O–H groups in total. The molecule has 7 aromatic carbocycles. The van der Waals surface area contributed by atoms with Crippen LogP contribution in [0.25, 0.3) is 89.1 Å². The van der Waals surface area contributed by atoms with Gasteiger partial charge in [-0.15, -0.1) is 0 Å². The van der Waals surface area contributed by atoms with E-state index in [9.17, 15) is 0 Å². The summed E-state index contributed by atoms with van der Waals surface area (Å²) in [5.74, 6) is 1.83. The number of rotatable bonds is 5. The second-order valence-electron chi connectivity index (χ2n) is 11.7. The van der Waals surface area contributed by atoms with Crippen LogP contribution in [-0.2, 0) is 0 Å². The Morgan fingerprint density at radius 3 is 1.66 bits per heavy atom. The molecule has 0 aliphatic carbocycles. The number of furan rings is 1. The van der Waals surface area contributed by atoms with Crippen LogP contribution in [0.15, 0.2) is 168 Å². The van der Waals surface area contributed by atoms with Crippen LogP contribution >= 0.6 is 0 Å². The second-order valence-corrected chi connectivity index (χ2v) is 11.7. The lowest BCUT2D eigenvalue weighted by Gasteiger charge is -2.10. The van der Waals surface area contributed by atoms with Gasteiger partial charge in [0.2, 0.25) is 0 Å². The number of benzene rings is 7. The van der Waals surface area contributed by atoms with Gasteiger partial charge in [-0.3, -0.25) is 0 Å². The summed E-state index contributed by atoms with van der Waals surface area (Å²) in [6, 6.07) is 56.5. The Morgan fingerprint density at radius 2 is 0.830 bits per heavy atom. The summed E-state index contributed by atoms with van der Waals surface area (Å²) in [6.45, 7) is 0. The van der Waals surface area contributed by atoms with E-state index in [0.717, 1.165) is 55.3 Å². The summed E-state index contributed by atoms with van der Waals surface area (Å²) >= 11 is 0. The summed E-state index contributed by atoms with van der Waals surface area (Å²) in [4.78, 5) is 15.1. The molecule has 4 heteroatoms. The first-order valence-corrected chi connectivity index (χ1v) is 15.7. The fourth-order valence-electron chi connectivity index (χ4n) is 6.28. The highest BCUT2D eigenvalue weighted by Gasteiger charge is 2.15. The van der Waals surface area contributed by atoms with Crippen LogP contribution in [-0.4, -0.2) is 15.0 Å². The van der Waals surface area contributed by atoms with E-state index in [-0.39, 0.29) is 0 Å². The van der Waals surface area contributed by atoms with Gasteiger partial charge < -0.3 is 4.42 Å². The fourth-order valence-corrected chi connectivity index (χ4v) is 6.28. The van der Waals surface area contributed by atoms with E-state index in [2.05, 4.69) is 133 Å². The first-order chi connectivity index (χ1) is 23.2. The topological polar surface area (TPSA) is 51.8 Å². The Kier molecular flexibility index (Phi) is 6.43. The third kappa shape index (κ3) is 5.02. The maximum Gasteiger partial charge on any atom is 0.164 e. The van der Waals surface area contributed by atoms with Gasteiger partial charge in [-0.1, -0.05) is 133 Å². The molecule has 0 radical (unpaired) electrons. The van der Waals surface area contributed by atoms with Crippen molar-refractivity contribution < 1.29 is 4.42 Å². The molecular formula is C43H27N3O. The molecule has 0 atom stereocenters. The standard InChI is InChI=1S/C43H27N3O/c1-2-9-28(10-3-1)33-13-8-14-35(26-33)42-44-41(31-20-17-30(18-21-31)34-22-19-29-11-4-5-12-32(29)25-34)45-43(46-42)36-23-24-38-37-15-6-7-16-39(37)47-40(38)27-36/h1-27H. The van der Waals surface area contributed by atoms with E-state index >= 15 is 0 Å². The maximum absolute atomic E-state index is 6.22. The second kappa shape index (κ2) is 11.2. The molecule has 0 aliphatic rings. The van der Waals surface area contributed by atoms with Crippen molar-refractivity contribution in [2.24, 2.45) is 0 Å². The van der Waals surface area contributed by atoms with Gasteiger partial charge in [-0.2, -0.15) is 0 Å². The normalized spacial score (nSPS) is 11.4. The van der Waals surface area contributed by atoms with Crippen LogP contribution in [0.4, 0.5) is 0 Å². The zero-order valence-electron chi connectivity index (χ0n) is 25.3. The zero-order valence-corrected chi connectivity index (χ0v) is 25.3. The van der Waals surface area contributed by atoms with Crippen molar-refractivity contribution in [3.8, 4) is 56.4 Å². The smallest absolute Gasteiger partial charge is 0.164 e.